The average molecular weight is 241 g/mol. The van der Waals surface area contributed by atoms with Crippen molar-refractivity contribution in [2.45, 2.75) is 6.42 Å². The summed E-state index contributed by atoms with van der Waals surface area (Å²) in [7, 11) is 1.73. The van der Waals surface area contributed by atoms with Crippen LogP contribution in [0.3, 0.4) is 0 Å². The predicted octanol–water partition coefficient (Wildman–Crippen LogP) is 2.42. The van der Waals surface area contributed by atoms with Gasteiger partial charge in [0.2, 0.25) is 0 Å². The molecule has 0 aromatic heterocycles. The van der Waals surface area contributed by atoms with E-state index >= 15 is 0 Å². The molecule has 0 fully saturated rings. The molecule has 0 heterocycles. The second-order valence-electron chi connectivity index (χ2n) is 3.38. The molecule has 0 bridgehead atoms. The topological polar surface area (TPSA) is 44.5 Å². The summed E-state index contributed by atoms with van der Waals surface area (Å²) in [6.07, 6.45) is 1.04. The van der Waals surface area contributed by atoms with Gasteiger partial charge in [0.05, 0.1) is 13.2 Å². The first-order valence-corrected chi connectivity index (χ1v) is 6.53. The molecule has 0 aliphatic rings. The molecule has 0 radical (unpaired) electrons. The quantitative estimate of drug-likeness (QED) is 0.561. The van der Waals surface area contributed by atoms with Gasteiger partial charge in [-0.3, -0.25) is 0 Å². The number of methoxy groups -OCH3 is 1. The minimum Gasteiger partial charge on any atom is -0.493 e. The van der Waals surface area contributed by atoms with Gasteiger partial charge in [-0.15, -0.1) is 0 Å². The average Bonchev–Trinajstić information content (AvgIpc) is 2.28. The number of ether oxygens (including phenoxy) is 2. The molecule has 0 atom stereocenters. The first-order chi connectivity index (χ1) is 7.83. The summed E-state index contributed by atoms with van der Waals surface area (Å²) in [6.45, 7) is 1.56. The lowest BCUT2D eigenvalue weighted by molar-refractivity contribution is 0.218. The normalized spacial score (nSPS) is 10.3. The number of benzene rings is 1. The van der Waals surface area contributed by atoms with Crippen molar-refractivity contribution >= 4 is 17.4 Å². The Morgan fingerprint density at radius 1 is 1.25 bits per heavy atom. The first-order valence-electron chi connectivity index (χ1n) is 5.38. The smallest absolute Gasteiger partial charge is 0.121 e. The number of nitrogen functional groups attached to an aromatic ring is 1. The van der Waals surface area contributed by atoms with Crippen LogP contribution in [0.5, 0.6) is 5.75 Å². The van der Waals surface area contributed by atoms with Crippen molar-refractivity contribution in [2.24, 2.45) is 0 Å². The molecule has 0 saturated carbocycles. The summed E-state index contributed by atoms with van der Waals surface area (Å²) in [6, 6.07) is 7.53. The van der Waals surface area contributed by atoms with Crippen LogP contribution in [0.2, 0.25) is 0 Å². The lowest BCUT2D eigenvalue weighted by Crippen LogP contribution is -2.00. The van der Waals surface area contributed by atoms with E-state index in [9.17, 15) is 0 Å². The molecule has 2 N–H and O–H groups in total. The largest absolute Gasteiger partial charge is 0.493 e. The van der Waals surface area contributed by atoms with Gasteiger partial charge in [-0.2, -0.15) is 11.8 Å². The number of nitrogens with two attached hydrogens (primary N) is 1. The highest BCUT2D eigenvalue weighted by atomic mass is 32.2. The zero-order chi connectivity index (χ0) is 11.6. The SMILES string of the molecule is COCCSCCCOc1cccc(N)c1. The van der Waals surface area contributed by atoms with E-state index in [1.807, 2.05) is 36.0 Å². The Bertz CT molecular complexity index is 294. The van der Waals surface area contributed by atoms with Crippen molar-refractivity contribution < 1.29 is 9.47 Å². The van der Waals surface area contributed by atoms with Gasteiger partial charge in [0, 0.05) is 24.6 Å². The van der Waals surface area contributed by atoms with Crippen LogP contribution in [0.15, 0.2) is 24.3 Å². The molecule has 1 aromatic rings. The molecule has 0 saturated heterocycles. The van der Waals surface area contributed by atoms with Crippen LogP contribution >= 0.6 is 11.8 Å². The molecular formula is C12H19NO2S. The molecule has 16 heavy (non-hydrogen) atoms. The van der Waals surface area contributed by atoms with Gasteiger partial charge in [-0.05, 0) is 24.3 Å². The lowest BCUT2D eigenvalue weighted by Gasteiger charge is -2.06. The summed E-state index contributed by atoms with van der Waals surface area (Å²) in [5, 5.41) is 0. The highest BCUT2D eigenvalue weighted by Gasteiger charge is 1.94. The molecule has 90 valence electrons. The molecule has 3 nitrogen and oxygen atoms in total. The van der Waals surface area contributed by atoms with E-state index in [1.54, 1.807) is 7.11 Å². The van der Waals surface area contributed by atoms with Crippen LogP contribution in [-0.2, 0) is 4.74 Å². The zero-order valence-electron chi connectivity index (χ0n) is 9.65. The molecular weight excluding hydrogens is 222 g/mol. The van der Waals surface area contributed by atoms with Crippen molar-refractivity contribution in [1.82, 2.24) is 0 Å². The molecule has 4 heteroatoms. The Labute approximate surface area is 101 Å². The van der Waals surface area contributed by atoms with E-state index in [0.29, 0.717) is 0 Å². The standard InChI is InChI=1S/C12H19NO2S/c1-14-7-9-16-8-3-6-15-12-5-2-4-11(13)10-12/h2,4-5,10H,3,6-9,13H2,1H3. The molecule has 1 aromatic carbocycles. The van der Waals surface area contributed by atoms with Gasteiger partial charge in [-0.25, -0.2) is 0 Å². The summed E-state index contributed by atoms with van der Waals surface area (Å²) in [4.78, 5) is 0. The number of hydrogen-bond donors (Lipinski definition) is 1. The highest BCUT2D eigenvalue weighted by molar-refractivity contribution is 7.99. The maximum absolute atomic E-state index is 5.65. The fourth-order valence-electron chi connectivity index (χ4n) is 1.20. The van der Waals surface area contributed by atoms with E-state index in [4.69, 9.17) is 15.2 Å². The molecule has 1 rings (SSSR count). The van der Waals surface area contributed by atoms with Crippen LogP contribution in [0.4, 0.5) is 5.69 Å². The third-order valence-corrected chi connectivity index (χ3v) is 3.02. The van der Waals surface area contributed by atoms with Crippen molar-refractivity contribution in [3.63, 3.8) is 0 Å². The second-order valence-corrected chi connectivity index (χ2v) is 4.60. The van der Waals surface area contributed by atoms with Gasteiger partial charge < -0.3 is 15.2 Å². The van der Waals surface area contributed by atoms with Crippen molar-refractivity contribution in [1.29, 1.82) is 0 Å². The third kappa shape index (κ3) is 5.88. The second kappa shape index (κ2) is 8.30. The molecule has 0 unspecified atom stereocenters. The van der Waals surface area contributed by atoms with Crippen molar-refractivity contribution in [3.8, 4) is 5.75 Å². The van der Waals surface area contributed by atoms with Crippen LogP contribution in [0, 0.1) is 0 Å². The zero-order valence-corrected chi connectivity index (χ0v) is 10.5. The number of anilines is 1. The van der Waals surface area contributed by atoms with E-state index in [1.165, 1.54) is 0 Å². The third-order valence-electron chi connectivity index (χ3n) is 1.99. The monoisotopic (exact) mass is 241 g/mol. The fourth-order valence-corrected chi connectivity index (χ4v) is 2.01. The van der Waals surface area contributed by atoms with Crippen molar-refractivity contribution in [3.05, 3.63) is 24.3 Å². The number of thioether (sulfide) groups is 1. The Morgan fingerprint density at radius 3 is 2.88 bits per heavy atom. The van der Waals surface area contributed by atoms with Crippen LogP contribution in [0.1, 0.15) is 6.42 Å². The molecule has 0 spiro atoms. The van der Waals surface area contributed by atoms with Gasteiger partial charge >= 0.3 is 0 Å². The van der Waals surface area contributed by atoms with Crippen molar-refractivity contribution in [2.75, 3.05) is 37.6 Å². The summed E-state index contributed by atoms with van der Waals surface area (Å²) in [5.41, 5.74) is 6.39. The van der Waals surface area contributed by atoms with E-state index in [-0.39, 0.29) is 0 Å². The minimum atomic E-state index is 0.740. The van der Waals surface area contributed by atoms with Crippen LogP contribution < -0.4 is 10.5 Å². The Hall–Kier alpha value is -0.870. The Balaban J connectivity index is 2.03. The molecule has 0 amide bonds. The van der Waals surface area contributed by atoms with Gasteiger partial charge in [0.1, 0.15) is 5.75 Å². The highest BCUT2D eigenvalue weighted by Crippen LogP contribution is 2.14. The van der Waals surface area contributed by atoms with E-state index in [0.717, 1.165) is 42.6 Å². The predicted molar refractivity (Wildman–Crippen MR) is 70.2 cm³/mol. The lowest BCUT2D eigenvalue weighted by atomic mass is 10.3. The maximum atomic E-state index is 5.65. The van der Waals surface area contributed by atoms with Gasteiger partial charge in [0.15, 0.2) is 0 Å². The summed E-state index contributed by atoms with van der Waals surface area (Å²) < 4.78 is 10.5. The minimum absolute atomic E-state index is 0.740. The first kappa shape index (κ1) is 13.2. The Morgan fingerprint density at radius 2 is 2.12 bits per heavy atom. The van der Waals surface area contributed by atoms with Crippen LogP contribution in [-0.4, -0.2) is 31.8 Å². The molecule has 0 aliphatic carbocycles. The summed E-state index contributed by atoms with van der Waals surface area (Å²) in [5.74, 6) is 3.00. The van der Waals surface area contributed by atoms with Gasteiger partial charge in [0.25, 0.3) is 0 Å². The van der Waals surface area contributed by atoms with E-state index < -0.39 is 0 Å². The molecule has 0 aliphatic heterocycles. The number of hydrogen-bond acceptors (Lipinski definition) is 4. The Kier molecular flexibility index (Phi) is 6.85. The van der Waals surface area contributed by atoms with Crippen LogP contribution in [0.25, 0.3) is 0 Å². The number of rotatable bonds is 8. The van der Waals surface area contributed by atoms with Gasteiger partial charge in [-0.1, -0.05) is 6.07 Å². The summed E-state index contributed by atoms with van der Waals surface area (Å²) >= 11 is 1.89. The van der Waals surface area contributed by atoms with E-state index in [2.05, 4.69) is 0 Å². The fraction of sp³-hybridized carbons (Fsp3) is 0.500. The maximum Gasteiger partial charge on any atom is 0.121 e.